The van der Waals surface area contributed by atoms with E-state index in [1.807, 2.05) is 37.4 Å². The van der Waals surface area contributed by atoms with Crippen LogP contribution in [0.15, 0.2) is 30.3 Å². The van der Waals surface area contributed by atoms with Gasteiger partial charge in [0.05, 0.1) is 23.9 Å². The normalized spacial score (nSPS) is 13.4. The molecule has 0 saturated heterocycles. The number of aromatic amines is 1. The van der Waals surface area contributed by atoms with Crippen LogP contribution in [0.5, 0.6) is 0 Å². The smallest absolute Gasteiger partial charge is 0.270 e. The van der Waals surface area contributed by atoms with E-state index in [0.29, 0.717) is 6.42 Å². The fourth-order valence-corrected chi connectivity index (χ4v) is 3.77. The fraction of sp³-hybridized carbons (Fsp3) is 0.381. The van der Waals surface area contributed by atoms with Crippen molar-refractivity contribution in [3.05, 3.63) is 41.7 Å². The van der Waals surface area contributed by atoms with Crippen LogP contribution < -0.4 is 10.6 Å². The Balaban J connectivity index is 1.75. The van der Waals surface area contributed by atoms with E-state index in [0.717, 1.165) is 33.3 Å². The number of H-pyrrole nitrogens is 1. The first-order valence-electron chi connectivity index (χ1n) is 9.53. The van der Waals surface area contributed by atoms with Crippen molar-refractivity contribution in [1.29, 1.82) is 0 Å². The number of pyridine rings is 1. The molecular formula is C21H26N4O3S. The Hall–Kier alpha value is -2.58. The van der Waals surface area contributed by atoms with E-state index in [4.69, 9.17) is 0 Å². The second-order valence-electron chi connectivity index (χ2n) is 7.05. The minimum atomic E-state index is -0.744. The molecule has 0 radical (unpaired) electrons. The number of fused-ring (bicyclic) bond motifs is 3. The van der Waals surface area contributed by atoms with Crippen molar-refractivity contribution in [1.82, 2.24) is 20.6 Å². The number of aliphatic hydroxyl groups is 1. The molecular weight excluding hydrogens is 388 g/mol. The van der Waals surface area contributed by atoms with Gasteiger partial charge in [0, 0.05) is 16.3 Å². The Labute approximate surface area is 173 Å². The molecule has 0 aliphatic rings. The van der Waals surface area contributed by atoms with Crippen LogP contribution in [0.3, 0.4) is 0 Å². The third kappa shape index (κ3) is 4.71. The lowest BCUT2D eigenvalue weighted by molar-refractivity contribution is -0.123. The molecule has 2 atom stereocenters. The topological polar surface area (TPSA) is 107 Å². The molecule has 154 valence electrons. The molecule has 3 rings (SSSR count). The first kappa shape index (κ1) is 21.1. The number of thioether (sulfide) groups is 1. The number of para-hydroxylation sites is 1. The van der Waals surface area contributed by atoms with Crippen molar-refractivity contribution in [2.24, 2.45) is 0 Å². The minimum absolute atomic E-state index is 0.134. The highest BCUT2D eigenvalue weighted by molar-refractivity contribution is 7.98. The number of hydrogen-bond donors (Lipinski definition) is 4. The molecule has 0 saturated carbocycles. The molecule has 2 unspecified atom stereocenters. The van der Waals surface area contributed by atoms with E-state index in [1.165, 1.54) is 0 Å². The summed E-state index contributed by atoms with van der Waals surface area (Å²) in [5.41, 5.74) is 2.87. The van der Waals surface area contributed by atoms with Gasteiger partial charge >= 0.3 is 0 Å². The number of benzene rings is 1. The number of rotatable bonds is 8. The molecule has 2 aromatic heterocycles. The summed E-state index contributed by atoms with van der Waals surface area (Å²) in [6, 6.07) is 8.56. The Bertz CT molecular complexity index is 1030. The van der Waals surface area contributed by atoms with Gasteiger partial charge in [0.2, 0.25) is 5.91 Å². The zero-order valence-corrected chi connectivity index (χ0v) is 17.6. The number of carbonyl (C=O) groups is 2. The van der Waals surface area contributed by atoms with Crippen LogP contribution >= 0.6 is 11.8 Å². The highest BCUT2D eigenvalue weighted by atomic mass is 32.2. The lowest BCUT2D eigenvalue weighted by Crippen LogP contribution is -2.49. The predicted octanol–water partition coefficient (Wildman–Crippen LogP) is 2.37. The van der Waals surface area contributed by atoms with Crippen molar-refractivity contribution < 1.29 is 14.7 Å². The van der Waals surface area contributed by atoms with E-state index >= 15 is 0 Å². The quantitative estimate of drug-likeness (QED) is 0.453. The van der Waals surface area contributed by atoms with Crippen LogP contribution in [0, 0.1) is 6.92 Å². The number of nitrogens with zero attached hydrogens (tertiary/aromatic N) is 1. The molecule has 0 aliphatic heterocycles. The van der Waals surface area contributed by atoms with Crippen LogP contribution in [0.4, 0.5) is 0 Å². The van der Waals surface area contributed by atoms with Crippen molar-refractivity contribution in [2.45, 2.75) is 32.4 Å². The second kappa shape index (κ2) is 9.28. The van der Waals surface area contributed by atoms with Crippen molar-refractivity contribution in [3.63, 3.8) is 0 Å². The summed E-state index contributed by atoms with van der Waals surface area (Å²) in [4.78, 5) is 32.9. The van der Waals surface area contributed by atoms with Crippen LogP contribution in [0.25, 0.3) is 21.8 Å². The second-order valence-corrected chi connectivity index (χ2v) is 8.04. The number of hydrogen-bond acceptors (Lipinski definition) is 5. The van der Waals surface area contributed by atoms with E-state index in [-0.39, 0.29) is 24.2 Å². The van der Waals surface area contributed by atoms with Gasteiger partial charge in [0.25, 0.3) is 5.91 Å². The number of aryl methyl sites for hydroxylation is 1. The third-order valence-electron chi connectivity index (χ3n) is 4.89. The summed E-state index contributed by atoms with van der Waals surface area (Å²) in [6.45, 7) is 3.33. The SMILES string of the molecule is CSCCC(CO)NC(=O)C(C)NC(=O)c1cc2c([nH]c3ccccc32)c(C)n1. The molecule has 7 nitrogen and oxygen atoms in total. The Morgan fingerprint density at radius 2 is 2.00 bits per heavy atom. The average Bonchev–Trinajstić information content (AvgIpc) is 3.10. The maximum atomic E-state index is 12.7. The van der Waals surface area contributed by atoms with Crippen molar-refractivity contribution in [3.8, 4) is 0 Å². The molecule has 2 heterocycles. The summed E-state index contributed by atoms with van der Waals surface area (Å²) in [5, 5.41) is 16.8. The molecule has 0 fully saturated rings. The number of nitrogens with one attached hydrogen (secondary N) is 3. The van der Waals surface area contributed by atoms with Crippen molar-refractivity contribution >= 4 is 45.4 Å². The van der Waals surface area contributed by atoms with Crippen molar-refractivity contribution in [2.75, 3.05) is 18.6 Å². The van der Waals surface area contributed by atoms with E-state index in [2.05, 4.69) is 20.6 Å². The molecule has 0 aliphatic carbocycles. The van der Waals surface area contributed by atoms with Gasteiger partial charge in [-0.25, -0.2) is 4.98 Å². The summed E-state index contributed by atoms with van der Waals surface area (Å²) >= 11 is 1.65. The zero-order chi connectivity index (χ0) is 21.0. The summed E-state index contributed by atoms with van der Waals surface area (Å²) in [7, 11) is 0. The van der Waals surface area contributed by atoms with Gasteiger partial charge < -0.3 is 20.7 Å². The Morgan fingerprint density at radius 3 is 2.72 bits per heavy atom. The molecule has 29 heavy (non-hydrogen) atoms. The maximum Gasteiger partial charge on any atom is 0.270 e. The number of aliphatic hydroxyl groups excluding tert-OH is 1. The van der Waals surface area contributed by atoms with E-state index in [1.54, 1.807) is 24.8 Å². The highest BCUT2D eigenvalue weighted by Gasteiger charge is 2.21. The molecule has 0 spiro atoms. The monoisotopic (exact) mass is 414 g/mol. The lowest BCUT2D eigenvalue weighted by atomic mass is 10.1. The first-order valence-corrected chi connectivity index (χ1v) is 10.9. The average molecular weight is 415 g/mol. The van der Waals surface area contributed by atoms with Gasteiger partial charge in [-0.05, 0) is 44.4 Å². The predicted molar refractivity (Wildman–Crippen MR) is 117 cm³/mol. The van der Waals surface area contributed by atoms with Crippen LogP contribution in [0.1, 0.15) is 29.5 Å². The molecule has 4 N–H and O–H groups in total. The summed E-state index contributed by atoms with van der Waals surface area (Å²) < 4.78 is 0. The summed E-state index contributed by atoms with van der Waals surface area (Å²) in [6.07, 6.45) is 2.64. The fourth-order valence-electron chi connectivity index (χ4n) is 3.25. The van der Waals surface area contributed by atoms with Crippen LogP contribution in [-0.4, -0.2) is 57.6 Å². The number of amides is 2. The molecule has 1 aromatic carbocycles. The minimum Gasteiger partial charge on any atom is -0.394 e. The van der Waals surface area contributed by atoms with Gasteiger partial charge in [-0.1, -0.05) is 18.2 Å². The van der Waals surface area contributed by atoms with Crippen LogP contribution in [-0.2, 0) is 4.79 Å². The van der Waals surface area contributed by atoms with Crippen LogP contribution in [0.2, 0.25) is 0 Å². The van der Waals surface area contributed by atoms with E-state index < -0.39 is 11.9 Å². The third-order valence-corrected chi connectivity index (χ3v) is 5.53. The highest BCUT2D eigenvalue weighted by Crippen LogP contribution is 2.27. The van der Waals surface area contributed by atoms with Gasteiger partial charge in [-0.2, -0.15) is 11.8 Å². The van der Waals surface area contributed by atoms with Gasteiger partial charge in [0.1, 0.15) is 11.7 Å². The van der Waals surface area contributed by atoms with Gasteiger partial charge in [-0.3, -0.25) is 9.59 Å². The van der Waals surface area contributed by atoms with Gasteiger partial charge in [0.15, 0.2) is 0 Å². The molecule has 2 amide bonds. The van der Waals surface area contributed by atoms with E-state index in [9.17, 15) is 14.7 Å². The Kier molecular flexibility index (Phi) is 6.76. The molecule has 0 bridgehead atoms. The maximum absolute atomic E-state index is 12.7. The molecule has 8 heteroatoms. The first-order chi connectivity index (χ1) is 13.9. The largest absolute Gasteiger partial charge is 0.394 e. The number of aromatic nitrogens is 2. The molecule has 3 aromatic rings. The zero-order valence-electron chi connectivity index (χ0n) is 16.8. The Morgan fingerprint density at radius 1 is 1.24 bits per heavy atom. The number of carbonyl (C=O) groups excluding carboxylic acids is 2. The standard InChI is InChI=1S/C21H26N4O3S/c1-12-19-16(15-6-4-5-7-17(15)25-19)10-18(22-12)21(28)23-13(2)20(27)24-14(11-26)8-9-29-3/h4-7,10,13-14,25-26H,8-9,11H2,1-3H3,(H,23,28)(H,24,27). The lowest BCUT2D eigenvalue weighted by Gasteiger charge is -2.19. The summed E-state index contributed by atoms with van der Waals surface area (Å²) in [5.74, 6) is 0.0936. The van der Waals surface area contributed by atoms with Gasteiger partial charge in [-0.15, -0.1) is 0 Å².